The van der Waals surface area contributed by atoms with E-state index < -0.39 is 0 Å². The Kier molecular flexibility index (Phi) is 3.62. The lowest BCUT2D eigenvalue weighted by molar-refractivity contribution is 0.0949. The van der Waals surface area contributed by atoms with Crippen molar-refractivity contribution in [1.82, 2.24) is 0 Å². The van der Waals surface area contributed by atoms with Gasteiger partial charge in [-0.1, -0.05) is 24.3 Å². The number of carbonyl (C=O) groups excluding carboxylic acids is 1. The number of benzene rings is 2. The predicted octanol–water partition coefficient (Wildman–Crippen LogP) is 4.75. The third-order valence-corrected chi connectivity index (χ3v) is 4.43. The minimum Gasteiger partial charge on any atom is -0.293 e. The summed E-state index contributed by atoms with van der Waals surface area (Å²) in [5, 5.41) is 0. The molecule has 3 rings (SSSR count). The zero-order valence-electron chi connectivity index (χ0n) is 12.4. The maximum absolute atomic E-state index is 13.4. The maximum Gasteiger partial charge on any atom is 0.170 e. The number of hydrogen-bond acceptors (Lipinski definition) is 1. The summed E-state index contributed by atoms with van der Waals surface area (Å²) >= 11 is 0. The lowest BCUT2D eigenvalue weighted by Gasteiger charge is -2.25. The molecule has 1 aliphatic carbocycles. The van der Waals surface area contributed by atoms with Crippen LogP contribution in [0.15, 0.2) is 36.4 Å². The summed E-state index contributed by atoms with van der Waals surface area (Å²) in [5.74, 6) is -0.222. The molecule has 108 valence electrons. The van der Waals surface area contributed by atoms with E-state index in [0.29, 0.717) is 5.56 Å². The Labute approximate surface area is 124 Å². The quantitative estimate of drug-likeness (QED) is 0.727. The number of halogens is 1. The smallest absolute Gasteiger partial charge is 0.170 e. The number of carbonyl (C=O) groups is 1. The molecule has 2 aromatic carbocycles. The van der Waals surface area contributed by atoms with Gasteiger partial charge in [-0.2, -0.15) is 0 Å². The van der Waals surface area contributed by atoms with E-state index in [1.54, 1.807) is 0 Å². The Morgan fingerprint density at radius 2 is 1.81 bits per heavy atom. The fraction of sp³-hybridized carbons (Fsp3) is 0.316. The second-order valence-corrected chi connectivity index (χ2v) is 5.92. The molecule has 0 bridgehead atoms. The van der Waals surface area contributed by atoms with Gasteiger partial charge < -0.3 is 0 Å². The summed E-state index contributed by atoms with van der Waals surface area (Å²) in [6, 6.07) is 11.1. The lowest BCUT2D eigenvalue weighted by atomic mass is 9.77. The summed E-state index contributed by atoms with van der Waals surface area (Å²) < 4.78 is 13.4. The molecule has 0 spiro atoms. The zero-order chi connectivity index (χ0) is 15.0. The molecule has 1 unspecified atom stereocenters. The Morgan fingerprint density at radius 1 is 1.14 bits per heavy atom. The van der Waals surface area contributed by atoms with Crippen LogP contribution in [0.1, 0.15) is 51.4 Å². The Hall–Kier alpha value is -1.96. The average Bonchev–Trinajstić information content (AvgIpc) is 2.45. The van der Waals surface area contributed by atoms with Crippen LogP contribution in [0.5, 0.6) is 0 Å². The molecule has 0 N–H and O–H groups in total. The third-order valence-electron chi connectivity index (χ3n) is 4.43. The molecule has 0 saturated carbocycles. The molecule has 2 aromatic rings. The van der Waals surface area contributed by atoms with Gasteiger partial charge in [-0.15, -0.1) is 0 Å². The minimum atomic E-state index is -0.273. The SMILES string of the molecule is Cc1cc(F)cc(C)c1C(=O)C1CCCc2ccccc21. The van der Waals surface area contributed by atoms with Gasteiger partial charge in [0, 0.05) is 11.5 Å². The molecular formula is C19H19FO. The Balaban J connectivity index is 2.05. The van der Waals surface area contributed by atoms with E-state index in [9.17, 15) is 9.18 Å². The monoisotopic (exact) mass is 282 g/mol. The van der Waals surface area contributed by atoms with Crippen molar-refractivity contribution in [1.29, 1.82) is 0 Å². The molecule has 1 aliphatic rings. The number of ketones is 1. The molecule has 0 saturated heterocycles. The van der Waals surface area contributed by atoms with E-state index in [0.717, 1.165) is 36.0 Å². The molecule has 0 amide bonds. The van der Waals surface area contributed by atoms with Crippen molar-refractivity contribution in [3.63, 3.8) is 0 Å². The summed E-state index contributed by atoms with van der Waals surface area (Å²) in [6.45, 7) is 3.64. The van der Waals surface area contributed by atoms with Crippen LogP contribution < -0.4 is 0 Å². The molecule has 0 fully saturated rings. The Morgan fingerprint density at radius 3 is 2.52 bits per heavy atom. The highest BCUT2D eigenvalue weighted by molar-refractivity contribution is 6.03. The van der Waals surface area contributed by atoms with Crippen LogP contribution in [-0.4, -0.2) is 5.78 Å². The maximum atomic E-state index is 13.4. The number of aryl methyl sites for hydroxylation is 3. The standard InChI is InChI=1S/C19H19FO/c1-12-10-15(20)11-13(2)18(12)19(21)17-9-5-7-14-6-3-4-8-16(14)17/h3-4,6,8,10-11,17H,5,7,9H2,1-2H3. The number of rotatable bonds is 2. The van der Waals surface area contributed by atoms with Crippen molar-refractivity contribution in [2.45, 2.75) is 39.0 Å². The minimum absolute atomic E-state index is 0.0854. The topological polar surface area (TPSA) is 17.1 Å². The van der Waals surface area contributed by atoms with Gasteiger partial charge in [0.15, 0.2) is 5.78 Å². The van der Waals surface area contributed by atoms with Gasteiger partial charge >= 0.3 is 0 Å². The van der Waals surface area contributed by atoms with Gasteiger partial charge in [0.2, 0.25) is 0 Å². The normalized spacial score (nSPS) is 17.4. The van der Waals surface area contributed by atoms with Crippen molar-refractivity contribution >= 4 is 5.78 Å². The third kappa shape index (κ3) is 2.51. The van der Waals surface area contributed by atoms with Crippen molar-refractivity contribution in [2.24, 2.45) is 0 Å². The first-order chi connectivity index (χ1) is 10.1. The van der Waals surface area contributed by atoms with Crippen LogP contribution >= 0.6 is 0 Å². The van der Waals surface area contributed by atoms with Crippen molar-refractivity contribution in [2.75, 3.05) is 0 Å². The van der Waals surface area contributed by atoms with Gasteiger partial charge in [-0.25, -0.2) is 4.39 Å². The van der Waals surface area contributed by atoms with Crippen molar-refractivity contribution in [3.8, 4) is 0 Å². The predicted molar refractivity (Wildman–Crippen MR) is 82.3 cm³/mol. The van der Waals surface area contributed by atoms with Crippen LogP contribution in [0.2, 0.25) is 0 Å². The zero-order valence-corrected chi connectivity index (χ0v) is 12.4. The summed E-state index contributed by atoms with van der Waals surface area (Å²) in [5.41, 5.74) is 4.59. The Bertz CT molecular complexity index is 679. The largest absolute Gasteiger partial charge is 0.293 e. The van der Waals surface area contributed by atoms with Crippen molar-refractivity contribution in [3.05, 3.63) is 70.0 Å². The highest BCUT2D eigenvalue weighted by atomic mass is 19.1. The van der Waals surface area contributed by atoms with Crippen LogP contribution in [0.25, 0.3) is 0 Å². The highest BCUT2D eigenvalue weighted by Gasteiger charge is 2.28. The molecule has 0 aromatic heterocycles. The molecular weight excluding hydrogens is 263 g/mol. The van der Waals surface area contributed by atoms with Crippen molar-refractivity contribution < 1.29 is 9.18 Å². The van der Waals surface area contributed by atoms with Gasteiger partial charge in [0.25, 0.3) is 0 Å². The fourth-order valence-electron chi connectivity index (χ4n) is 3.50. The van der Waals surface area contributed by atoms with Gasteiger partial charge in [0.1, 0.15) is 5.82 Å². The molecule has 1 nitrogen and oxygen atoms in total. The second kappa shape index (κ2) is 5.44. The number of hydrogen-bond donors (Lipinski definition) is 0. The molecule has 0 heterocycles. The van der Waals surface area contributed by atoms with E-state index >= 15 is 0 Å². The molecule has 0 radical (unpaired) electrons. The van der Waals surface area contributed by atoms with Gasteiger partial charge in [-0.3, -0.25) is 4.79 Å². The second-order valence-electron chi connectivity index (χ2n) is 5.92. The number of Topliss-reactive ketones (excluding diaryl/α,β-unsaturated/α-hetero) is 1. The van der Waals surface area contributed by atoms with Crippen LogP contribution in [0.4, 0.5) is 4.39 Å². The van der Waals surface area contributed by atoms with E-state index in [-0.39, 0.29) is 17.5 Å². The summed E-state index contributed by atoms with van der Waals surface area (Å²) in [7, 11) is 0. The first-order valence-corrected chi connectivity index (χ1v) is 7.46. The molecule has 1 atom stereocenters. The summed E-state index contributed by atoms with van der Waals surface area (Å²) in [6.07, 6.45) is 2.96. The van der Waals surface area contributed by atoms with Crippen LogP contribution in [0, 0.1) is 19.7 Å². The van der Waals surface area contributed by atoms with E-state index in [2.05, 4.69) is 12.1 Å². The van der Waals surface area contributed by atoms with E-state index in [4.69, 9.17) is 0 Å². The molecule has 21 heavy (non-hydrogen) atoms. The molecule has 2 heteroatoms. The van der Waals surface area contributed by atoms with Crippen LogP contribution in [-0.2, 0) is 6.42 Å². The van der Waals surface area contributed by atoms with Crippen LogP contribution in [0.3, 0.4) is 0 Å². The lowest BCUT2D eigenvalue weighted by Crippen LogP contribution is -2.20. The summed E-state index contributed by atoms with van der Waals surface area (Å²) in [4.78, 5) is 13.0. The first-order valence-electron chi connectivity index (χ1n) is 7.46. The van der Waals surface area contributed by atoms with E-state index in [1.165, 1.54) is 17.7 Å². The van der Waals surface area contributed by atoms with E-state index in [1.807, 2.05) is 26.0 Å². The fourth-order valence-corrected chi connectivity index (χ4v) is 3.50. The average molecular weight is 282 g/mol. The van der Waals surface area contributed by atoms with Gasteiger partial charge in [0.05, 0.1) is 0 Å². The first kappa shape index (κ1) is 14.0. The number of fused-ring (bicyclic) bond motifs is 1. The highest BCUT2D eigenvalue weighted by Crippen LogP contribution is 2.35. The van der Waals surface area contributed by atoms with Gasteiger partial charge in [-0.05, 0) is 67.5 Å². The molecule has 0 aliphatic heterocycles.